The number of hydrogen-bond donors (Lipinski definition) is 2. The first-order valence-corrected chi connectivity index (χ1v) is 6.42. The zero-order valence-corrected chi connectivity index (χ0v) is 10.1. The van der Waals surface area contributed by atoms with Crippen molar-refractivity contribution in [2.45, 2.75) is 25.3 Å². The van der Waals surface area contributed by atoms with Gasteiger partial charge in [-0.05, 0) is 25.3 Å². The van der Waals surface area contributed by atoms with Gasteiger partial charge < -0.3 is 10.3 Å². The molecule has 4 rings (SSSR count). The van der Waals surface area contributed by atoms with Crippen LogP contribution in [-0.2, 0) is 0 Å². The van der Waals surface area contributed by atoms with Gasteiger partial charge in [0.05, 0.1) is 18.0 Å². The molecule has 1 saturated carbocycles. The van der Waals surface area contributed by atoms with E-state index in [1.54, 1.807) is 0 Å². The Morgan fingerprint density at radius 1 is 1.33 bits per heavy atom. The second kappa shape index (κ2) is 3.73. The number of nitrogens with zero attached hydrogens (tertiary/aromatic N) is 3. The van der Waals surface area contributed by atoms with Gasteiger partial charge in [0.15, 0.2) is 0 Å². The van der Waals surface area contributed by atoms with E-state index in [0.29, 0.717) is 12.7 Å². The van der Waals surface area contributed by atoms with Crippen LogP contribution in [0.25, 0.3) is 0 Å². The molecule has 0 spiro atoms. The average Bonchev–Trinajstić information content (AvgIpc) is 2.93. The Labute approximate surface area is 105 Å². The molecule has 1 aliphatic carbocycles. The van der Waals surface area contributed by atoms with Crippen molar-refractivity contribution in [2.24, 2.45) is 4.99 Å². The minimum Gasteiger partial charge on any atom is -0.352 e. The van der Waals surface area contributed by atoms with Crippen molar-refractivity contribution in [3.63, 3.8) is 0 Å². The lowest BCUT2D eigenvalue weighted by Crippen LogP contribution is -2.17. The maximum Gasteiger partial charge on any atom is 0.114 e. The number of fused-ring (bicyclic) bond motifs is 1. The Balaban J connectivity index is 1.70. The fourth-order valence-electron chi connectivity index (χ4n) is 2.55. The first-order chi connectivity index (χ1) is 8.92. The molecule has 0 bridgehead atoms. The second-order valence-electron chi connectivity index (χ2n) is 4.90. The summed E-state index contributed by atoms with van der Waals surface area (Å²) in [6.07, 6.45) is 9.83. The molecule has 1 fully saturated rings. The summed E-state index contributed by atoms with van der Waals surface area (Å²) in [5, 5.41) is 7.70. The highest BCUT2D eigenvalue weighted by Crippen LogP contribution is 2.31. The number of aliphatic imine (C=N–C) groups is 1. The summed E-state index contributed by atoms with van der Waals surface area (Å²) in [4.78, 5) is 7.75. The Hall–Kier alpha value is -2.04. The third-order valence-corrected chi connectivity index (χ3v) is 3.82. The largest absolute Gasteiger partial charge is 0.352 e. The summed E-state index contributed by atoms with van der Waals surface area (Å²) in [6.45, 7) is 0.622. The first kappa shape index (κ1) is 9.94. The van der Waals surface area contributed by atoms with Crippen LogP contribution >= 0.6 is 0 Å². The molecule has 0 amide bonds. The van der Waals surface area contributed by atoms with E-state index in [1.165, 1.54) is 19.3 Å². The van der Waals surface area contributed by atoms with E-state index < -0.39 is 0 Å². The summed E-state index contributed by atoms with van der Waals surface area (Å²) in [5.41, 5.74) is 3.29. The second-order valence-corrected chi connectivity index (χ2v) is 4.90. The lowest BCUT2D eigenvalue weighted by atomic mass is 9.93. The van der Waals surface area contributed by atoms with E-state index in [9.17, 15) is 0 Å². The fraction of sp³-hybridized carbons (Fsp3) is 0.385. The van der Waals surface area contributed by atoms with E-state index in [0.717, 1.165) is 22.7 Å². The molecule has 2 aliphatic rings. The minimum atomic E-state index is 0.603. The number of H-pyrrole nitrogens is 1. The quantitative estimate of drug-likeness (QED) is 0.846. The highest BCUT2D eigenvalue weighted by molar-refractivity contribution is 6.16. The molecule has 0 radical (unpaired) electrons. The Bertz CT molecular complexity index is 602. The van der Waals surface area contributed by atoms with Gasteiger partial charge in [-0.3, -0.25) is 9.67 Å². The zero-order valence-electron chi connectivity index (χ0n) is 10.1. The predicted octanol–water partition coefficient (Wildman–Crippen LogP) is 2.16. The summed E-state index contributed by atoms with van der Waals surface area (Å²) in [5.74, 6) is 1.05. The molecule has 0 atom stereocenters. The Morgan fingerprint density at radius 2 is 2.28 bits per heavy atom. The molecule has 5 nitrogen and oxygen atoms in total. The molecular formula is C13H15N5. The van der Waals surface area contributed by atoms with Crippen molar-refractivity contribution >= 4 is 11.5 Å². The molecule has 18 heavy (non-hydrogen) atoms. The smallest absolute Gasteiger partial charge is 0.114 e. The molecule has 5 heteroatoms. The van der Waals surface area contributed by atoms with Crippen molar-refractivity contribution < 1.29 is 0 Å². The van der Waals surface area contributed by atoms with Gasteiger partial charge in [-0.15, -0.1) is 0 Å². The highest BCUT2D eigenvalue weighted by Gasteiger charge is 2.22. The monoisotopic (exact) mass is 241 g/mol. The van der Waals surface area contributed by atoms with Crippen LogP contribution in [0.4, 0.5) is 5.82 Å². The molecule has 0 aromatic carbocycles. The number of aromatic amines is 1. The topological polar surface area (TPSA) is 58.0 Å². The third kappa shape index (κ3) is 1.40. The van der Waals surface area contributed by atoms with Gasteiger partial charge in [0, 0.05) is 23.5 Å². The van der Waals surface area contributed by atoms with Crippen LogP contribution in [0.2, 0.25) is 0 Å². The van der Waals surface area contributed by atoms with Crippen molar-refractivity contribution in [1.29, 1.82) is 0 Å². The SMILES string of the molecule is c1cc2c([nH]1)NCN=C2c1cnn(C2CCC2)c1. The zero-order chi connectivity index (χ0) is 11.9. The fourth-order valence-corrected chi connectivity index (χ4v) is 2.55. The molecule has 92 valence electrons. The van der Waals surface area contributed by atoms with Gasteiger partial charge >= 0.3 is 0 Å². The van der Waals surface area contributed by atoms with Crippen LogP contribution in [0.1, 0.15) is 36.4 Å². The average molecular weight is 241 g/mol. The normalized spacial score (nSPS) is 18.8. The van der Waals surface area contributed by atoms with Gasteiger partial charge in [-0.2, -0.15) is 5.10 Å². The highest BCUT2D eigenvalue weighted by atomic mass is 15.3. The number of anilines is 1. The Kier molecular flexibility index (Phi) is 2.06. The summed E-state index contributed by atoms with van der Waals surface area (Å²) >= 11 is 0. The molecule has 2 N–H and O–H groups in total. The number of rotatable bonds is 2. The summed E-state index contributed by atoms with van der Waals surface area (Å²) in [6, 6.07) is 2.66. The molecule has 0 unspecified atom stereocenters. The van der Waals surface area contributed by atoms with Crippen molar-refractivity contribution in [3.05, 3.63) is 35.8 Å². The lowest BCUT2D eigenvalue weighted by Gasteiger charge is -2.25. The standard InChI is InChI=1S/C13H15N5/c1-2-10(3-1)18-7-9(6-17-18)12-11-4-5-14-13(11)16-8-15-12/h4-7,10,14,16H,1-3,8H2. The van der Waals surface area contributed by atoms with Crippen LogP contribution in [0.15, 0.2) is 29.6 Å². The van der Waals surface area contributed by atoms with E-state index in [4.69, 9.17) is 0 Å². The van der Waals surface area contributed by atoms with Gasteiger partial charge in [-0.25, -0.2) is 0 Å². The number of nitrogens with one attached hydrogen (secondary N) is 2. The lowest BCUT2D eigenvalue weighted by molar-refractivity contribution is 0.289. The Morgan fingerprint density at radius 3 is 3.11 bits per heavy atom. The maximum atomic E-state index is 4.56. The van der Waals surface area contributed by atoms with E-state index in [1.807, 2.05) is 12.4 Å². The van der Waals surface area contributed by atoms with E-state index >= 15 is 0 Å². The van der Waals surface area contributed by atoms with Crippen LogP contribution in [-0.4, -0.2) is 27.1 Å². The van der Waals surface area contributed by atoms with Gasteiger partial charge in [-0.1, -0.05) is 0 Å². The van der Waals surface area contributed by atoms with Crippen molar-refractivity contribution in [2.75, 3.05) is 12.0 Å². The molecular weight excluding hydrogens is 226 g/mol. The van der Waals surface area contributed by atoms with Crippen LogP contribution < -0.4 is 5.32 Å². The maximum absolute atomic E-state index is 4.56. The summed E-state index contributed by atoms with van der Waals surface area (Å²) in [7, 11) is 0. The molecule has 0 saturated heterocycles. The molecule has 2 aromatic rings. The molecule has 1 aliphatic heterocycles. The van der Waals surface area contributed by atoms with Crippen molar-refractivity contribution in [1.82, 2.24) is 14.8 Å². The van der Waals surface area contributed by atoms with Crippen molar-refractivity contribution in [3.8, 4) is 0 Å². The molecule has 3 heterocycles. The summed E-state index contributed by atoms with van der Waals surface area (Å²) < 4.78 is 2.09. The minimum absolute atomic E-state index is 0.603. The van der Waals surface area contributed by atoms with E-state index in [2.05, 4.69) is 37.3 Å². The van der Waals surface area contributed by atoms with E-state index in [-0.39, 0.29) is 0 Å². The van der Waals surface area contributed by atoms with Crippen LogP contribution in [0.5, 0.6) is 0 Å². The first-order valence-electron chi connectivity index (χ1n) is 6.42. The van der Waals surface area contributed by atoms with Gasteiger partial charge in [0.1, 0.15) is 12.5 Å². The predicted molar refractivity (Wildman–Crippen MR) is 70.0 cm³/mol. The number of hydrogen-bond acceptors (Lipinski definition) is 3. The molecule has 2 aromatic heterocycles. The van der Waals surface area contributed by atoms with Gasteiger partial charge in [0.2, 0.25) is 0 Å². The van der Waals surface area contributed by atoms with Crippen LogP contribution in [0, 0.1) is 0 Å². The third-order valence-electron chi connectivity index (χ3n) is 3.82. The van der Waals surface area contributed by atoms with Gasteiger partial charge in [0.25, 0.3) is 0 Å². The number of aromatic nitrogens is 3. The van der Waals surface area contributed by atoms with Crippen LogP contribution in [0.3, 0.4) is 0 Å².